The van der Waals surface area contributed by atoms with Gasteiger partial charge in [-0.2, -0.15) is 0 Å². The number of benzene rings is 1. The number of hydrogen-bond acceptors (Lipinski definition) is 4. The van der Waals surface area contributed by atoms with Gasteiger partial charge in [0, 0.05) is 30.6 Å². The van der Waals surface area contributed by atoms with Crippen LogP contribution in [0.5, 0.6) is 0 Å². The number of amides is 1. The minimum atomic E-state index is -0.443. The molecule has 1 saturated carbocycles. The average molecular weight is 263 g/mol. The summed E-state index contributed by atoms with van der Waals surface area (Å²) in [5.41, 5.74) is 6.53. The Hall–Kier alpha value is -1.95. The van der Waals surface area contributed by atoms with E-state index in [1.165, 1.54) is 12.1 Å². The Morgan fingerprint density at radius 3 is 2.89 bits per heavy atom. The van der Waals surface area contributed by atoms with Gasteiger partial charge in [-0.05, 0) is 24.8 Å². The number of nitrogens with two attached hydrogens (primary N) is 1. The summed E-state index contributed by atoms with van der Waals surface area (Å²) >= 11 is 0. The number of carbonyl (C=O) groups is 1. The summed E-state index contributed by atoms with van der Waals surface area (Å²) in [7, 11) is 0. The number of nitro benzene ring substituents is 1. The molecule has 0 heterocycles. The summed E-state index contributed by atoms with van der Waals surface area (Å²) in [6.07, 6.45) is 2.43. The van der Waals surface area contributed by atoms with Crippen molar-refractivity contribution in [1.82, 2.24) is 5.32 Å². The fourth-order valence-electron chi connectivity index (χ4n) is 2.37. The minimum absolute atomic E-state index is 0.0144. The van der Waals surface area contributed by atoms with Gasteiger partial charge in [-0.1, -0.05) is 12.1 Å². The molecule has 102 valence electrons. The zero-order chi connectivity index (χ0) is 13.8. The van der Waals surface area contributed by atoms with Crippen LogP contribution in [0.15, 0.2) is 24.3 Å². The summed E-state index contributed by atoms with van der Waals surface area (Å²) in [4.78, 5) is 22.1. The molecule has 19 heavy (non-hydrogen) atoms. The highest BCUT2D eigenvalue weighted by molar-refractivity contribution is 5.79. The van der Waals surface area contributed by atoms with Crippen molar-refractivity contribution in [3.05, 3.63) is 39.9 Å². The number of non-ortho nitro benzene ring substituents is 1. The van der Waals surface area contributed by atoms with Crippen LogP contribution < -0.4 is 11.1 Å². The highest BCUT2D eigenvalue weighted by Gasteiger charge is 2.27. The number of carbonyl (C=O) groups excluding carboxylic acids is 1. The van der Waals surface area contributed by atoms with Crippen molar-refractivity contribution in [2.24, 2.45) is 11.7 Å². The van der Waals surface area contributed by atoms with Gasteiger partial charge in [0.15, 0.2) is 0 Å². The molecule has 1 aromatic carbocycles. The molecule has 0 radical (unpaired) electrons. The Labute approximate surface area is 111 Å². The highest BCUT2D eigenvalue weighted by atomic mass is 16.6. The standard InChI is InChI=1S/C13H17N3O3/c14-11-5-4-10(7-11)13(17)15-8-9-2-1-3-12(6-9)16(18)19/h1-3,6,10-11H,4-5,7-8,14H2,(H,15,17). The first-order valence-electron chi connectivity index (χ1n) is 6.33. The van der Waals surface area contributed by atoms with Crippen LogP contribution in [0.2, 0.25) is 0 Å². The summed E-state index contributed by atoms with van der Waals surface area (Å²) < 4.78 is 0. The Morgan fingerprint density at radius 2 is 2.26 bits per heavy atom. The van der Waals surface area contributed by atoms with Crippen LogP contribution in [0.25, 0.3) is 0 Å². The van der Waals surface area contributed by atoms with E-state index < -0.39 is 4.92 Å². The maximum atomic E-state index is 11.9. The molecule has 1 amide bonds. The van der Waals surface area contributed by atoms with Gasteiger partial charge in [0.25, 0.3) is 5.69 Å². The van der Waals surface area contributed by atoms with Gasteiger partial charge in [0.05, 0.1) is 4.92 Å². The van der Waals surface area contributed by atoms with Crippen LogP contribution >= 0.6 is 0 Å². The van der Waals surface area contributed by atoms with Gasteiger partial charge >= 0.3 is 0 Å². The molecule has 0 spiro atoms. The predicted octanol–water partition coefficient (Wildman–Crippen LogP) is 1.34. The second-order valence-corrected chi connectivity index (χ2v) is 4.91. The van der Waals surface area contributed by atoms with Crippen molar-refractivity contribution in [2.45, 2.75) is 31.8 Å². The maximum absolute atomic E-state index is 11.9. The molecular formula is C13H17N3O3. The van der Waals surface area contributed by atoms with Crippen molar-refractivity contribution in [1.29, 1.82) is 0 Å². The molecular weight excluding hydrogens is 246 g/mol. The highest BCUT2D eigenvalue weighted by Crippen LogP contribution is 2.24. The third-order valence-corrected chi connectivity index (χ3v) is 3.43. The van der Waals surface area contributed by atoms with E-state index in [4.69, 9.17) is 5.73 Å². The summed E-state index contributed by atoms with van der Waals surface area (Å²) in [6.45, 7) is 0.312. The fourth-order valence-corrected chi connectivity index (χ4v) is 2.37. The monoisotopic (exact) mass is 263 g/mol. The first-order chi connectivity index (χ1) is 9.06. The second-order valence-electron chi connectivity index (χ2n) is 4.91. The molecule has 1 aromatic rings. The summed E-state index contributed by atoms with van der Waals surface area (Å²) in [6, 6.07) is 6.40. The van der Waals surface area contributed by atoms with Crippen LogP contribution in [-0.2, 0) is 11.3 Å². The molecule has 2 atom stereocenters. The number of hydrogen-bond donors (Lipinski definition) is 2. The van der Waals surface area contributed by atoms with Gasteiger partial charge in [0.1, 0.15) is 0 Å². The van der Waals surface area contributed by atoms with Gasteiger partial charge in [-0.25, -0.2) is 0 Å². The zero-order valence-corrected chi connectivity index (χ0v) is 10.5. The van der Waals surface area contributed by atoms with Gasteiger partial charge < -0.3 is 11.1 Å². The predicted molar refractivity (Wildman–Crippen MR) is 70.3 cm³/mol. The van der Waals surface area contributed by atoms with Crippen LogP contribution in [0.3, 0.4) is 0 Å². The normalized spacial score (nSPS) is 22.2. The van der Waals surface area contributed by atoms with Crippen LogP contribution in [0, 0.1) is 16.0 Å². The fraction of sp³-hybridized carbons (Fsp3) is 0.462. The molecule has 1 aliphatic carbocycles. The van der Waals surface area contributed by atoms with E-state index in [1.54, 1.807) is 12.1 Å². The molecule has 0 saturated heterocycles. The molecule has 6 heteroatoms. The minimum Gasteiger partial charge on any atom is -0.352 e. The van der Waals surface area contributed by atoms with Crippen molar-refractivity contribution < 1.29 is 9.72 Å². The molecule has 0 bridgehead atoms. The van der Waals surface area contributed by atoms with E-state index in [0.717, 1.165) is 24.8 Å². The van der Waals surface area contributed by atoms with E-state index in [2.05, 4.69) is 5.32 Å². The SMILES string of the molecule is NC1CCC(C(=O)NCc2cccc([N+](=O)[O-])c2)C1. The molecule has 0 aromatic heterocycles. The lowest BCUT2D eigenvalue weighted by Crippen LogP contribution is -2.30. The summed E-state index contributed by atoms with van der Waals surface area (Å²) in [5, 5.41) is 13.5. The van der Waals surface area contributed by atoms with E-state index >= 15 is 0 Å². The number of rotatable bonds is 4. The van der Waals surface area contributed by atoms with Gasteiger partial charge in [-0.3, -0.25) is 14.9 Å². The van der Waals surface area contributed by atoms with Crippen molar-refractivity contribution in [2.75, 3.05) is 0 Å². The van der Waals surface area contributed by atoms with Crippen molar-refractivity contribution in [3.8, 4) is 0 Å². The van der Waals surface area contributed by atoms with Crippen LogP contribution in [0.1, 0.15) is 24.8 Å². The van der Waals surface area contributed by atoms with Gasteiger partial charge in [0.2, 0.25) is 5.91 Å². The van der Waals surface area contributed by atoms with E-state index in [9.17, 15) is 14.9 Å². The lowest BCUT2D eigenvalue weighted by Gasteiger charge is -2.10. The van der Waals surface area contributed by atoms with E-state index in [-0.39, 0.29) is 23.6 Å². The Kier molecular flexibility index (Phi) is 4.11. The Bertz CT molecular complexity index is 490. The average Bonchev–Trinajstić information content (AvgIpc) is 2.83. The Morgan fingerprint density at radius 1 is 1.47 bits per heavy atom. The van der Waals surface area contributed by atoms with E-state index in [1.807, 2.05) is 0 Å². The lowest BCUT2D eigenvalue weighted by atomic mass is 10.1. The number of nitro groups is 1. The topological polar surface area (TPSA) is 98.3 Å². The molecule has 3 N–H and O–H groups in total. The van der Waals surface area contributed by atoms with Crippen LogP contribution in [-0.4, -0.2) is 16.9 Å². The third kappa shape index (κ3) is 3.51. The number of nitrogens with zero attached hydrogens (tertiary/aromatic N) is 1. The molecule has 6 nitrogen and oxygen atoms in total. The lowest BCUT2D eigenvalue weighted by molar-refractivity contribution is -0.384. The second kappa shape index (κ2) is 5.79. The molecule has 1 aliphatic rings. The van der Waals surface area contributed by atoms with Gasteiger partial charge in [-0.15, -0.1) is 0 Å². The smallest absolute Gasteiger partial charge is 0.269 e. The molecule has 0 aliphatic heterocycles. The number of nitrogens with one attached hydrogen (secondary N) is 1. The molecule has 1 fully saturated rings. The van der Waals surface area contributed by atoms with E-state index in [0.29, 0.717) is 6.54 Å². The third-order valence-electron chi connectivity index (χ3n) is 3.43. The largest absolute Gasteiger partial charge is 0.352 e. The summed E-state index contributed by atoms with van der Waals surface area (Å²) in [5.74, 6) is -0.0341. The van der Waals surface area contributed by atoms with Crippen LogP contribution in [0.4, 0.5) is 5.69 Å². The molecule has 2 unspecified atom stereocenters. The quantitative estimate of drug-likeness (QED) is 0.632. The maximum Gasteiger partial charge on any atom is 0.269 e. The first kappa shape index (κ1) is 13.5. The zero-order valence-electron chi connectivity index (χ0n) is 10.5. The molecule has 2 rings (SSSR count). The van der Waals surface area contributed by atoms with Crippen molar-refractivity contribution in [3.63, 3.8) is 0 Å². The van der Waals surface area contributed by atoms with Crippen molar-refractivity contribution >= 4 is 11.6 Å². The Balaban J connectivity index is 1.90. The first-order valence-corrected chi connectivity index (χ1v) is 6.33.